The molecule has 0 spiro atoms. The highest BCUT2D eigenvalue weighted by Gasteiger charge is 2.48. The number of nitrogens with zero attached hydrogens (tertiary/aromatic N) is 1. The summed E-state index contributed by atoms with van der Waals surface area (Å²) in [6.45, 7) is 20.4. The molecular formula is C31H61NO5Si. The lowest BCUT2D eigenvalue weighted by molar-refractivity contribution is -0.148. The van der Waals surface area contributed by atoms with Crippen molar-refractivity contribution in [1.29, 1.82) is 0 Å². The molecular weight excluding hydrogens is 494 g/mol. The van der Waals surface area contributed by atoms with Gasteiger partial charge in [0.25, 0.3) is 0 Å². The van der Waals surface area contributed by atoms with E-state index in [0.29, 0.717) is 24.5 Å². The van der Waals surface area contributed by atoms with Crippen LogP contribution in [0.25, 0.3) is 0 Å². The van der Waals surface area contributed by atoms with Gasteiger partial charge in [-0.25, -0.2) is 0 Å². The Balaban J connectivity index is 2.25. The highest BCUT2D eigenvalue weighted by Crippen LogP contribution is 2.44. The maximum atomic E-state index is 11.8. The van der Waals surface area contributed by atoms with E-state index in [1.165, 1.54) is 12.8 Å². The summed E-state index contributed by atoms with van der Waals surface area (Å²) in [6, 6.07) is 0.562. The van der Waals surface area contributed by atoms with Gasteiger partial charge >= 0.3 is 5.97 Å². The quantitative estimate of drug-likeness (QED) is 0.213. The standard InChI is InChI=1S/C31H61NO5Si/c1-12-15-22(32(8)9)20-23-16-17-27(35-23)24(13-2)29(37-38(10,11)31(5,6)7)21(4)26-18-19-28(36-26)25(14-3)30(33)34/h21-29H,12-20H2,1-11H3,(H,33,34)/t21-,22-,23+,24-,25-,26+,27-,28-,29-/m1/s1. The summed E-state index contributed by atoms with van der Waals surface area (Å²) in [6.07, 6.45) is 9.41. The van der Waals surface area contributed by atoms with Crippen LogP contribution in [-0.4, -0.2) is 75.0 Å². The first-order valence-electron chi connectivity index (χ1n) is 15.5. The van der Waals surface area contributed by atoms with Crippen molar-refractivity contribution in [1.82, 2.24) is 4.90 Å². The van der Waals surface area contributed by atoms with E-state index in [9.17, 15) is 9.90 Å². The number of rotatable bonds is 15. The molecule has 6 nitrogen and oxygen atoms in total. The summed E-state index contributed by atoms with van der Waals surface area (Å²) < 4.78 is 20.6. The minimum absolute atomic E-state index is 0.0251. The molecule has 0 aromatic rings. The molecule has 0 aromatic carbocycles. The van der Waals surface area contributed by atoms with E-state index < -0.39 is 20.2 Å². The van der Waals surface area contributed by atoms with Crippen LogP contribution < -0.4 is 0 Å². The van der Waals surface area contributed by atoms with E-state index in [1.54, 1.807) is 0 Å². The van der Waals surface area contributed by atoms with Crippen molar-refractivity contribution in [2.75, 3.05) is 14.1 Å². The molecule has 0 bridgehead atoms. The van der Waals surface area contributed by atoms with Crippen LogP contribution in [0.5, 0.6) is 0 Å². The molecule has 1 N–H and O–H groups in total. The fraction of sp³-hybridized carbons (Fsp3) is 0.968. The van der Waals surface area contributed by atoms with Crippen LogP contribution in [-0.2, 0) is 18.7 Å². The lowest BCUT2D eigenvalue weighted by Crippen LogP contribution is -2.51. The van der Waals surface area contributed by atoms with Crippen molar-refractivity contribution >= 4 is 14.3 Å². The second kappa shape index (κ2) is 14.4. The highest BCUT2D eigenvalue weighted by molar-refractivity contribution is 6.74. The fourth-order valence-corrected chi connectivity index (χ4v) is 7.86. The molecule has 0 aromatic heterocycles. The molecule has 7 heteroatoms. The molecule has 2 aliphatic heterocycles. The molecule has 0 aliphatic carbocycles. The van der Waals surface area contributed by atoms with Gasteiger partial charge in [0.15, 0.2) is 8.32 Å². The Morgan fingerprint density at radius 1 is 1.00 bits per heavy atom. The first kappa shape index (κ1) is 33.7. The molecule has 0 amide bonds. The van der Waals surface area contributed by atoms with Gasteiger partial charge in [0.2, 0.25) is 0 Å². The van der Waals surface area contributed by atoms with E-state index >= 15 is 0 Å². The molecule has 2 rings (SSSR count). The molecule has 38 heavy (non-hydrogen) atoms. The third kappa shape index (κ3) is 8.51. The number of hydrogen-bond donors (Lipinski definition) is 1. The molecule has 0 radical (unpaired) electrons. The zero-order valence-electron chi connectivity index (χ0n) is 26.6. The van der Waals surface area contributed by atoms with Crippen LogP contribution in [0.15, 0.2) is 0 Å². The van der Waals surface area contributed by atoms with Gasteiger partial charge < -0.3 is 23.9 Å². The third-order valence-corrected chi connectivity index (χ3v) is 14.5. The zero-order chi connectivity index (χ0) is 28.8. The SMILES string of the molecule is CCC[C@H](C[C@@H]1CC[C@H]([C@@H](CC)[C@H](O[Si](C)(C)C(C)(C)C)[C@H](C)[C@@H]2CC[C@H]([C@@H](CC)C(=O)O)O2)O1)N(C)C. The van der Waals surface area contributed by atoms with Gasteiger partial charge in [0.1, 0.15) is 0 Å². The van der Waals surface area contributed by atoms with E-state index in [0.717, 1.165) is 38.5 Å². The number of carbonyl (C=O) groups is 1. The van der Waals surface area contributed by atoms with Crippen LogP contribution in [0, 0.1) is 17.8 Å². The number of carboxylic acid groups (broad SMARTS) is 1. The first-order chi connectivity index (χ1) is 17.7. The Bertz CT molecular complexity index is 724. The van der Waals surface area contributed by atoms with Crippen molar-refractivity contribution in [2.45, 2.75) is 161 Å². The van der Waals surface area contributed by atoms with E-state index in [1.807, 2.05) is 6.92 Å². The van der Waals surface area contributed by atoms with Crippen molar-refractivity contribution < 1.29 is 23.8 Å². The Labute approximate surface area is 235 Å². The predicted octanol–water partition coefficient (Wildman–Crippen LogP) is 7.37. The van der Waals surface area contributed by atoms with Gasteiger partial charge in [-0.1, -0.05) is 54.9 Å². The molecule has 9 atom stereocenters. The molecule has 0 unspecified atom stereocenters. The van der Waals surface area contributed by atoms with Crippen LogP contribution in [0.3, 0.4) is 0 Å². The Morgan fingerprint density at radius 2 is 1.61 bits per heavy atom. The van der Waals surface area contributed by atoms with Crippen LogP contribution >= 0.6 is 0 Å². The van der Waals surface area contributed by atoms with Crippen LogP contribution in [0.4, 0.5) is 0 Å². The molecule has 224 valence electrons. The lowest BCUT2D eigenvalue weighted by Gasteiger charge is -2.45. The summed E-state index contributed by atoms with van der Waals surface area (Å²) in [5, 5.41) is 9.82. The third-order valence-electron chi connectivity index (χ3n) is 10.0. The molecule has 2 aliphatic rings. The average Bonchev–Trinajstić information content (AvgIpc) is 3.48. The van der Waals surface area contributed by atoms with Crippen molar-refractivity contribution in [3.8, 4) is 0 Å². The molecule has 2 saturated heterocycles. The Morgan fingerprint density at radius 3 is 2.11 bits per heavy atom. The fourth-order valence-electron chi connectivity index (χ4n) is 6.43. The Hall–Kier alpha value is -0.473. The second-order valence-corrected chi connectivity index (χ2v) is 18.7. The van der Waals surface area contributed by atoms with Gasteiger partial charge in [0.05, 0.1) is 36.4 Å². The monoisotopic (exact) mass is 555 g/mol. The highest BCUT2D eigenvalue weighted by atomic mass is 28.4. The van der Waals surface area contributed by atoms with Gasteiger partial charge in [-0.15, -0.1) is 0 Å². The predicted molar refractivity (Wildman–Crippen MR) is 159 cm³/mol. The van der Waals surface area contributed by atoms with Crippen molar-refractivity contribution in [3.05, 3.63) is 0 Å². The number of carboxylic acids is 1. The van der Waals surface area contributed by atoms with Crippen molar-refractivity contribution in [3.63, 3.8) is 0 Å². The number of hydrogen-bond acceptors (Lipinski definition) is 5. The number of aliphatic carboxylic acids is 1. The lowest BCUT2D eigenvalue weighted by atomic mass is 9.82. The minimum Gasteiger partial charge on any atom is -0.481 e. The maximum Gasteiger partial charge on any atom is 0.309 e. The second-order valence-electron chi connectivity index (χ2n) is 13.9. The smallest absolute Gasteiger partial charge is 0.309 e. The first-order valence-corrected chi connectivity index (χ1v) is 18.4. The normalized spacial score (nSPS) is 28.8. The summed E-state index contributed by atoms with van der Waals surface area (Å²) in [5.41, 5.74) is 0. The summed E-state index contributed by atoms with van der Waals surface area (Å²) in [4.78, 5) is 14.2. The van der Waals surface area contributed by atoms with E-state index in [4.69, 9.17) is 13.9 Å². The summed E-state index contributed by atoms with van der Waals surface area (Å²) >= 11 is 0. The topological polar surface area (TPSA) is 68.2 Å². The van der Waals surface area contributed by atoms with Gasteiger partial charge in [-0.2, -0.15) is 0 Å². The van der Waals surface area contributed by atoms with Gasteiger partial charge in [0, 0.05) is 17.9 Å². The summed E-state index contributed by atoms with van der Waals surface area (Å²) in [5.74, 6) is -0.684. The largest absolute Gasteiger partial charge is 0.481 e. The van der Waals surface area contributed by atoms with Crippen LogP contribution in [0.1, 0.15) is 106 Å². The molecule has 2 heterocycles. The Kier molecular flexibility index (Phi) is 12.8. The van der Waals surface area contributed by atoms with E-state index in [2.05, 4.69) is 73.6 Å². The minimum atomic E-state index is -2.06. The molecule has 0 saturated carbocycles. The average molecular weight is 556 g/mol. The summed E-state index contributed by atoms with van der Waals surface area (Å²) in [7, 11) is 2.32. The van der Waals surface area contributed by atoms with Crippen molar-refractivity contribution in [2.24, 2.45) is 17.8 Å². The van der Waals surface area contributed by atoms with Gasteiger partial charge in [-0.3, -0.25) is 4.79 Å². The molecule has 2 fully saturated rings. The maximum absolute atomic E-state index is 11.8. The van der Waals surface area contributed by atoms with E-state index in [-0.39, 0.29) is 35.4 Å². The van der Waals surface area contributed by atoms with Crippen LogP contribution in [0.2, 0.25) is 18.1 Å². The zero-order valence-corrected chi connectivity index (χ0v) is 27.6. The number of ether oxygens (including phenoxy) is 2. The van der Waals surface area contributed by atoms with Gasteiger partial charge in [-0.05, 0) is 83.6 Å².